The molecule has 0 aliphatic heterocycles. The van der Waals surface area contributed by atoms with Gasteiger partial charge in [0.15, 0.2) is 5.78 Å². The lowest BCUT2D eigenvalue weighted by Crippen LogP contribution is -2.66. The van der Waals surface area contributed by atoms with Gasteiger partial charge in [-0.15, -0.1) is 0 Å². The minimum Gasteiger partial charge on any atom is -0.407 e. The Bertz CT molecular complexity index is 1070. The van der Waals surface area contributed by atoms with Crippen molar-refractivity contribution in [3.8, 4) is 0 Å². The fourth-order valence-electron chi connectivity index (χ4n) is 4.60. The minimum absolute atomic E-state index is 0.0381. The molecule has 0 saturated carbocycles. The largest absolute Gasteiger partial charge is 0.407 e. The molecule has 0 spiro atoms. The number of carbonyl (C=O) groups is 1. The molecule has 3 nitrogen and oxygen atoms in total. The summed E-state index contributed by atoms with van der Waals surface area (Å²) in [7, 11) is -2.56. The van der Waals surface area contributed by atoms with E-state index < -0.39 is 14.4 Å². The summed E-state index contributed by atoms with van der Waals surface area (Å²) in [6, 6.07) is 29.4. The third-order valence-electron chi connectivity index (χ3n) is 6.46. The fourth-order valence-corrected chi connectivity index (χ4v) is 9.56. The second-order valence-corrected chi connectivity index (χ2v) is 15.7. The Morgan fingerprint density at radius 2 is 1.50 bits per heavy atom. The van der Waals surface area contributed by atoms with Crippen LogP contribution >= 0.6 is 22.6 Å². The number of hydrogen-bond acceptors (Lipinski definition) is 3. The number of halogens is 1. The van der Waals surface area contributed by atoms with Crippen LogP contribution in [0.2, 0.25) is 5.04 Å². The summed E-state index contributed by atoms with van der Waals surface area (Å²) < 4.78 is 8.06. The summed E-state index contributed by atoms with van der Waals surface area (Å²) in [4.78, 5) is 12.3. The van der Waals surface area contributed by atoms with Gasteiger partial charge in [0.1, 0.15) is 0 Å². The molecule has 1 atom stereocenters. The number of rotatable bonds is 12. The Morgan fingerprint density at radius 3 is 2.03 bits per heavy atom. The van der Waals surface area contributed by atoms with Gasteiger partial charge in [0, 0.05) is 16.6 Å². The SMILES string of the molecule is CC(C)(C)[Si](OCCCC(O)C=CC(=O)CCc1ccc(I)cc1)(c1ccccc1)c1ccccc1. The second kappa shape index (κ2) is 13.5. The van der Waals surface area contributed by atoms with E-state index in [4.69, 9.17) is 4.43 Å². The first-order valence-electron chi connectivity index (χ1n) is 12.6. The van der Waals surface area contributed by atoms with Gasteiger partial charge in [-0.1, -0.05) is 99.6 Å². The number of hydrogen-bond donors (Lipinski definition) is 1. The predicted molar refractivity (Wildman–Crippen MR) is 160 cm³/mol. The quantitative estimate of drug-likeness (QED) is 0.117. The maximum atomic E-state index is 12.3. The molecule has 0 aliphatic rings. The second-order valence-electron chi connectivity index (χ2n) is 10.2. The van der Waals surface area contributed by atoms with Crippen LogP contribution in [-0.4, -0.2) is 31.9 Å². The zero-order valence-electron chi connectivity index (χ0n) is 21.5. The van der Waals surface area contributed by atoms with E-state index in [-0.39, 0.29) is 10.8 Å². The number of aryl methyl sites for hydroxylation is 1. The number of carbonyl (C=O) groups excluding carboxylic acids is 1. The predicted octanol–water partition coefficient (Wildman–Crippen LogP) is 6.07. The molecule has 3 aromatic rings. The smallest absolute Gasteiger partial charge is 0.261 e. The molecule has 1 unspecified atom stereocenters. The number of aliphatic hydroxyl groups excluding tert-OH is 1. The van der Waals surface area contributed by atoms with Crippen molar-refractivity contribution in [3.63, 3.8) is 0 Å². The summed E-state index contributed by atoms with van der Waals surface area (Å²) in [5, 5.41) is 12.9. The van der Waals surface area contributed by atoms with Gasteiger partial charge in [0.2, 0.25) is 0 Å². The van der Waals surface area contributed by atoms with E-state index in [1.165, 1.54) is 20.0 Å². The maximum Gasteiger partial charge on any atom is 0.261 e. The van der Waals surface area contributed by atoms with Gasteiger partial charge in [0.05, 0.1) is 6.10 Å². The molecule has 190 valence electrons. The molecule has 0 radical (unpaired) electrons. The Morgan fingerprint density at radius 1 is 0.944 bits per heavy atom. The summed E-state index contributed by atoms with van der Waals surface area (Å²) in [5.41, 5.74) is 1.15. The Kier molecular flexibility index (Phi) is 10.7. The summed E-state index contributed by atoms with van der Waals surface area (Å²) in [5.74, 6) is 0.0381. The lowest BCUT2D eigenvalue weighted by molar-refractivity contribution is -0.114. The molecule has 5 heteroatoms. The van der Waals surface area contributed by atoms with Crippen molar-refractivity contribution in [1.29, 1.82) is 0 Å². The third-order valence-corrected chi connectivity index (χ3v) is 12.2. The standard InChI is InChI=1S/C31H37IO3Si/c1-31(2,3)36(29-12-6-4-7-13-29,30-14-8-5-9-15-30)35-24-10-11-27(33)22-23-28(34)21-18-25-16-19-26(32)20-17-25/h4-9,12-17,19-20,22-23,27,33H,10-11,18,21,24H2,1-3H3. The Labute approximate surface area is 230 Å². The maximum absolute atomic E-state index is 12.3. The van der Waals surface area contributed by atoms with Crippen molar-refractivity contribution in [2.45, 2.75) is 57.6 Å². The zero-order chi connectivity index (χ0) is 26.0. The van der Waals surface area contributed by atoms with Crippen molar-refractivity contribution < 1.29 is 14.3 Å². The molecule has 0 amide bonds. The first kappa shape index (κ1) is 28.5. The number of ketones is 1. The fraction of sp³-hybridized carbons (Fsp3) is 0.323. The van der Waals surface area contributed by atoms with Crippen LogP contribution in [0.4, 0.5) is 0 Å². The molecule has 3 rings (SSSR count). The van der Waals surface area contributed by atoms with E-state index in [0.29, 0.717) is 32.3 Å². The van der Waals surface area contributed by atoms with Crippen LogP contribution in [0, 0.1) is 3.57 Å². The van der Waals surface area contributed by atoms with Crippen LogP contribution in [0.15, 0.2) is 97.1 Å². The van der Waals surface area contributed by atoms with Gasteiger partial charge in [-0.25, -0.2) is 0 Å². The van der Waals surface area contributed by atoms with Gasteiger partial charge >= 0.3 is 0 Å². The summed E-state index contributed by atoms with van der Waals surface area (Å²) in [6.07, 6.45) is 4.92. The van der Waals surface area contributed by atoms with Crippen LogP contribution in [0.1, 0.15) is 45.6 Å². The highest BCUT2D eigenvalue weighted by atomic mass is 127. The van der Waals surface area contributed by atoms with Crippen LogP contribution < -0.4 is 10.4 Å². The number of benzene rings is 3. The van der Waals surface area contributed by atoms with Crippen LogP contribution in [0.3, 0.4) is 0 Å². The number of allylic oxidation sites excluding steroid dienone is 1. The highest BCUT2D eigenvalue weighted by Crippen LogP contribution is 2.36. The Balaban J connectivity index is 1.58. The van der Waals surface area contributed by atoms with Crippen LogP contribution in [0.25, 0.3) is 0 Å². The minimum atomic E-state index is -2.56. The molecule has 0 bridgehead atoms. The van der Waals surface area contributed by atoms with E-state index in [1.54, 1.807) is 6.08 Å². The number of aliphatic hydroxyl groups is 1. The normalized spacial score (nSPS) is 13.1. The zero-order valence-corrected chi connectivity index (χ0v) is 24.6. The molecule has 3 aromatic carbocycles. The van der Waals surface area contributed by atoms with E-state index in [0.717, 1.165) is 5.56 Å². The molecule has 36 heavy (non-hydrogen) atoms. The molecular formula is C31H37IO3Si. The molecule has 0 saturated heterocycles. The first-order chi connectivity index (χ1) is 17.2. The lowest BCUT2D eigenvalue weighted by Gasteiger charge is -2.43. The van der Waals surface area contributed by atoms with Crippen molar-refractivity contribution in [3.05, 3.63) is 106 Å². The molecule has 0 heterocycles. The molecule has 1 N–H and O–H groups in total. The molecule has 0 aromatic heterocycles. The Hall–Kier alpha value is -2.06. The third kappa shape index (κ3) is 7.72. The van der Waals surface area contributed by atoms with E-state index in [2.05, 4.69) is 116 Å². The van der Waals surface area contributed by atoms with Crippen molar-refractivity contribution >= 4 is 47.1 Å². The average molecular weight is 613 g/mol. The lowest BCUT2D eigenvalue weighted by atomic mass is 10.1. The van der Waals surface area contributed by atoms with Crippen molar-refractivity contribution in [2.24, 2.45) is 0 Å². The topological polar surface area (TPSA) is 46.5 Å². The summed E-state index contributed by atoms with van der Waals surface area (Å²) >= 11 is 2.27. The van der Waals surface area contributed by atoms with Gasteiger partial charge in [0.25, 0.3) is 8.32 Å². The van der Waals surface area contributed by atoms with E-state index in [1.807, 2.05) is 12.1 Å². The van der Waals surface area contributed by atoms with E-state index in [9.17, 15) is 9.90 Å². The van der Waals surface area contributed by atoms with Gasteiger partial charge in [-0.2, -0.15) is 0 Å². The summed E-state index contributed by atoms with van der Waals surface area (Å²) in [6.45, 7) is 7.34. The molecule has 0 aliphatic carbocycles. The van der Waals surface area contributed by atoms with Crippen LogP contribution in [-0.2, 0) is 15.6 Å². The monoisotopic (exact) mass is 612 g/mol. The first-order valence-corrected chi connectivity index (χ1v) is 15.6. The highest BCUT2D eigenvalue weighted by molar-refractivity contribution is 14.1. The molecular weight excluding hydrogens is 575 g/mol. The van der Waals surface area contributed by atoms with Gasteiger partial charge < -0.3 is 9.53 Å². The van der Waals surface area contributed by atoms with Gasteiger partial charge in [-0.3, -0.25) is 4.79 Å². The van der Waals surface area contributed by atoms with Crippen LogP contribution in [0.5, 0.6) is 0 Å². The molecule has 0 fully saturated rings. The van der Waals surface area contributed by atoms with Crippen molar-refractivity contribution in [1.82, 2.24) is 0 Å². The van der Waals surface area contributed by atoms with Crippen molar-refractivity contribution in [2.75, 3.05) is 6.61 Å². The van der Waals surface area contributed by atoms with Gasteiger partial charge in [-0.05, 0) is 81.0 Å². The highest BCUT2D eigenvalue weighted by Gasteiger charge is 2.49. The van der Waals surface area contributed by atoms with E-state index >= 15 is 0 Å². The average Bonchev–Trinajstić information content (AvgIpc) is 2.87.